The van der Waals surface area contributed by atoms with Crippen molar-refractivity contribution in [1.82, 2.24) is 4.57 Å². The van der Waals surface area contributed by atoms with Gasteiger partial charge in [0.1, 0.15) is 0 Å². The quantitative estimate of drug-likeness (QED) is 0.724. The van der Waals surface area contributed by atoms with Gasteiger partial charge in [-0.25, -0.2) is 0 Å². The lowest BCUT2D eigenvalue weighted by molar-refractivity contribution is 0.299. The van der Waals surface area contributed by atoms with Crippen molar-refractivity contribution >= 4 is 13.4 Å². The molecule has 90 valence electrons. The van der Waals surface area contributed by atoms with Crippen LogP contribution in [0.1, 0.15) is 27.7 Å². The van der Waals surface area contributed by atoms with E-state index in [9.17, 15) is 0 Å². The molecule has 0 aliphatic heterocycles. The van der Waals surface area contributed by atoms with Gasteiger partial charge in [-0.2, -0.15) is 0 Å². The summed E-state index contributed by atoms with van der Waals surface area (Å²) in [5.41, 5.74) is 0. The SMILES string of the molecule is CC(C)N(C(C)C)[Si](C)(C)c1ccccc1. The molecule has 1 aromatic rings. The lowest BCUT2D eigenvalue weighted by atomic mass is 10.3. The van der Waals surface area contributed by atoms with Crippen molar-refractivity contribution < 1.29 is 0 Å². The molecular weight excluding hydrogens is 210 g/mol. The first kappa shape index (κ1) is 13.5. The molecule has 0 amide bonds. The van der Waals surface area contributed by atoms with E-state index < -0.39 is 8.24 Å². The molecule has 1 nitrogen and oxygen atoms in total. The number of hydrogen-bond acceptors (Lipinski definition) is 1. The van der Waals surface area contributed by atoms with Gasteiger partial charge in [0.2, 0.25) is 0 Å². The van der Waals surface area contributed by atoms with Crippen LogP contribution < -0.4 is 5.19 Å². The normalized spacial score (nSPS) is 12.8. The Morgan fingerprint density at radius 2 is 1.31 bits per heavy atom. The standard InChI is InChI=1S/C14H25NSi/c1-12(2)15(13(3)4)16(5,6)14-10-8-7-9-11-14/h7-13H,1-6H3. The molecule has 0 unspecified atom stereocenters. The highest BCUT2D eigenvalue weighted by Crippen LogP contribution is 2.17. The average Bonchev–Trinajstić information content (AvgIpc) is 2.17. The minimum Gasteiger partial charge on any atom is -0.316 e. The Kier molecular flexibility index (Phi) is 4.33. The smallest absolute Gasteiger partial charge is 0.154 e. The Morgan fingerprint density at radius 1 is 0.875 bits per heavy atom. The fourth-order valence-corrected chi connectivity index (χ4v) is 6.77. The van der Waals surface area contributed by atoms with E-state index in [1.165, 1.54) is 5.19 Å². The van der Waals surface area contributed by atoms with Crippen LogP contribution in [0.25, 0.3) is 0 Å². The molecule has 1 rings (SSSR count). The van der Waals surface area contributed by atoms with Crippen LogP contribution >= 0.6 is 0 Å². The van der Waals surface area contributed by atoms with Crippen LogP contribution in [-0.2, 0) is 0 Å². The Labute approximate surface area is 102 Å². The first-order valence-corrected chi connectivity index (χ1v) is 9.16. The fraction of sp³-hybridized carbons (Fsp3) is 0.571. The summed E-state index contributed by atoms with van der Waals surface area (Å²) in [5, 5.41) is 1.53. The predicted molar refractivity (Wildman–Crippen MR) is 75.7 cm³/mol. The molecule has 0 saturated heterocycles. The van der Waals surface area contributed by atoms with Gasteiger partial charge in [0.15, 0.2) is 8.24 Å². The van der Waals surface area contributed by atoms with Crippen LogP contribution in [0.4, 0.5) is 0 Å². The summed E-state index contributed by atoms with van der Waals surface area (Å²) in [6.45, 7) is 14.1. The van der Waals surface area contributed by atoms with Crippen molar-refractivity contribution in [2.24, 2.45) is 0 Å². The molecule has 0 atom stereocenters. The number of benzene rings is 1. The molecular formula is C14H25NSi. The zero-order valence-electron chi connectivity index (χ0n) is 11.5. The van der Waals surface area contributed by atoms with Crippen LogP contribution in [-0.4, -0.2) is 24.9 Å². The maximum absolute atomic E-state index is 2.70. The van der Waals surface area contributed by atoms with Crippen molar-refractivity contribution in [3.63, 3.8) is 0 Å². The minimum absolute atomic E-state index is 0.613. The number of hydrogen-bond donors (Lipinski definition) is 0. The van der Waals surface area contributed by atoms with Crippen molar-refractivity contribution in [2.45, 2.75) is 52.9 Å². The summed E-state index contributed by atoms with van der Waals surface area (Å²) in [6.07, 6.45) is 0. The molecule has 1 aromatic carbocycles. The Hall–Kier alpha value is -0.603. The first-order valence-electron chi connectivity index (χ1n) is 6.21. The van der Waals surface area contributed by atoms with Crippen molar-refractivity contribution in [3.8, 4) is 0 Å². The van der Waals surface area contributed by atoms with Crippen molar-refractivity contribution in [1.29, 1.82) is 0 Å². The summed E-state index contributed by atoms with van der Waals surface area (Å²) >= 11 is 0. The van der Waals surface area contributed by atoms with Crippen LogP contribution in [0.3, 0.4) is 0 Å². The number of rotatable bonds is 4. The van der Waals surface area contributed by atoms with Crippen molar-refractivity contribution in [2.75, 3.05) is 0 Å². The van der Waals surface area contributed by atoms with E-state index in [1.807, 2.05) is 0 Å². The third-order valence-electron chi connectivity index (χ3n) is 3.24. The van der Waals surface area contributed by atoms with Crippen molar-refractivity contribution in [3.05, 3.63) is 30.3 Å². The first-order chi connectivity index (χ1) is 7.37. The van der Waals surface area contributed by atoms with Gasteiger partial charge in [-0.1, -0.05) is 71.1 Å². The van der Waals surface area contributed by atoms with Crippen LogP contribution in [0.15, 0.2) is 30.3 Å². The van der Waals surface area contributed by atoms with Gasteiger partial charge >= 0.3 is 0 Å². The van der Waals surface area contributed by atoms with E-state index in [0.29, 0.717) is 12.1 Å². The van der Waals surface area contributed by atoms with E-state index >= 15 is 0 Å². The third-order valence-corrected chi connectivity index (χ3v) is 7.31. The molecule has 0 aliphatic carbocycles. The Morgan fingerprint density at radius 3 is 1.69 bits per heavy atom. The third kappa shape index (κ3) is 2.74. The number of nitrogens with zero attached hydrogens (tertiary/aromatic N) is 1. The second-order valence-corrected chi connectivity index (χ2v) is 9.73. The van der Waals surface area contributed by atoms with E-state index in [2.05, 4.69) is 75.7 Å². The predicted octanol–water partition coefficient (Wildman–Crippen LogP) is 3.22. The maximum atomic E-state index is 2.70. The second-order valence-electron chi connectivity index (χ2n) is 5.52. The monoisotopic (exact) mass is 235 g/mol. The summed E-state index contributed by atoms with van der Waals surface area (Å²) in [6, 6.07) is 12.2. The topological polar surface area (TPSA) is 3.24 Å². The lowest BCUT2D eigenvalue weighted by Crippen LogP contribution is -2.62. The van der Waals surface area contributed by atoms with E-state index in [4.69, 9.17) is 0 Å². The van der Waals surface area contributed by atoms with Crippen LogP contribution in [0, 0.1) is 0 Å². The van der Waals surface area contributed by atoms with Gasteiger partial charge in [-0.3, -0.25) is 0 Å². The Balaban J connectivity index is 3.08. The minimum atomic E-state index is -1.50. The zero-order valence-corrected chi connectivity index (χ0v) is 12.5. The molecule has 0 heterocycles. The van der Waals surface area contributed by atoms with E-state index in [-0.39, 0.29) is 0 Å². The summed E-state index contributed by atoms with van der Waals surface area (Å²) < 4.78 is 2.70. The highest BCUT2D eigenvalue weighted by atomic mass is 28.3. The van der Waals surface area contributed by atoms with Gasteiger partial charge in [-0.05, 0) is 17.3 Å². The molecule has 0 saturated carbocycles. The van der Waals surface area contributed by atoms with Gasteiger partial charge < -0.3 is 4.57 Å². The zero-order chi connectivity index (χ0) is 12.3. The molecule has 0 aliphatic rings. The Bertz CT molecular complexity index is 309. The van der Waals surface area contributed by atoms with Gasteiger partial charge in [0.05, 0.1) is 0 Å². The van der Waals surface area contributed by atoms with E-state index in [0.717, 1.165) is 0 Å². The molecule has 2 heteroatoms. The molecule has 16 heavy (non-hydrogen) atoms. The highest BCUT2D eigenvalue weighted by Gasteiger charge is 2.34. The van der Waals surface area contributed by atoms with E-state index in [1.54, 1.807) is 0 Å². The van der Waals surface area contributed by atoms with Crippen LogP contribution in [0.5, 0.6) is 0 Å². The molecule has 0 radical (unpaired) electrons. The van der Waals surface area contributed by atoms with Gasteiger partial charge in [-0.15, -0.1) is 0 Å². The van der Waals surface area contributed by atoms with Crippen LogP contribution in [0.2, 0.25) is 13.1 Å². The second kappa shape index (κ2) is 5.15. The molecule has 0 bridgehead atoms. The highest BCUT2D eigenvalue weighted by molar-refractivity contribution is 6.87. The largest absolute Gasteiger partial charge is 0.316 e. The molecule has 0 fully saturated rings. The average molecular weight is 235 g/mol. The maximum Gasteiger partial charge on any atom is 0.154 e. The molecule has 0 N–H and O–H groups in total. The van der Waals surface area contributed by atoms with Gasteiger partial charge in [0.25, 0.3) is 0 Å². The summed E-state index contributed by atoms with van der Waals surface area (Å²) in [5.74, 6) is 0. The van der Waals surface area contributed by atoms with Gasteiger partial charge in [0, 0.05) is 0 Å². The molecule has 0 spiro atoms. The fourth-order valence-electron chi connectivity index (χ4n) is 2.88. The molecule has 0 aromatic heterocycles. The lowest BCUT2D eigenvalue weighted by Gasteiger charge is -2.43. The summed E-state index contributed by atoms with van der Waals surface area (Å²) in [7, 11) is -1.50. The summed E-state index contributed by atoms with van der Waals surface area (Å²) in [4.78, 5) is 0.